The molecule has 5 rings (SSSR count). The lowest BCUT2D eigenvalue weighted by Crippen LogP contribution is -2.14. The third kappa shape index (κ3) is 4.43. The summed E-state index contributed by atoms with van der Waals surface area (Å²) in [6, 6.07) is 15.7. The first-order valence-corrected chi connectivity index (χ1v) is 11.0. The minimum Gasteiger partial charge on any atom is -0.359 e. The second kappa shape index (κ2) is 8.55. The molecule has 0 spiro atoms. The second-order valence-corrected chi connectivity index (χ2v) is 9.16. The molecule has 0 unspecified atom stereocenters. The quantitative estimate of drug-likeness (QED) is 0.405. The smallest absolute Gasteiger partial charge is 0.230 e. The molecule has 0 saturated carbocycles. The van der Waals surface area contributed by atoms with Crippen molar-refractivity contribution in [2.45, 2.75) is 32.6 Å². The number of nitrogens with zero attached hydrogens (tertiary/aromatic N) is 5. The van der Waals surface area contributed by atoms with Gasteiger partial charge < -0.3 is 9.84 Å². The Morgan fingerprint density at radius 3 is 2.47 bits per heavy atom. The fourth-order valence-electron chi connectivity index (χ4n) is 3.68. The molecule has 0 aliphatic carbocycles. The minimum absolute atomic E-state index is 0.146. The summed E-state index contributed by atoms with van der Waals surface area (Å²) in [5.41, 5.74) is 5.54. The van der Waals surface area contributed by atoms with Crippen molar-refractivity contribution in [1.82, 2.24) is 24.7 Å². The first kappa shape index (κ1) is 21.5. The topological polar surface area (TPSA) is 98.7 Å². The number of hydrogen-bond acceptors (Lipinski definition) is 6. The Bertz CT molecular complexity index is 1450. The van der Waals surface area contributed by atoms with Gasteiger partial charge in [0.1, 0.15) is 18.4 Å². The van der Waals surface area contributed by atoms with Crippen molar-refractivity contribution in [2.24, 2.45) is 0 Å². The van der Waals surface area contributed by atoms with Gasteiger partial charge in [-0.2, -0.15) is 0 Å². The summed E-state index contributed by atoms with van der Waals surface area (Å²) >= 11 is 0. The Morgan fingerprint density at radius 2 is 1.76 bits per heavy atom. The summed E-state index contributed by atoms with van der Waals surface area (Å²) in [6.45, 7) is 6.09. The van der Waals surface area contributed by atoms with E-state index in [0.29, 0.717) is 5.82 Å². The molecule has 3 aromatic heterocycles. The van der Waals surface area contributed by atoms with Crippen molar-refractivity contribution < 1.29 is 9.32 Å². The highest BCUT2D eigenvalue weighted by molar-refractivity contribution is 5.91. The molecule has 5 aromatic rings. The molecule has 8 heteroatoms. The molecule has 170 valence electrons. The number of hydrogen-bond donors (Lipinski definition) is 1. The van der Waals surface area contributed by atoms with Gasteiger partial charge >= 0.3 is 0 Å². The van der Waals surface area contributed by atoms with Crippen LogP contribution in [0.15, 0.2) is 78.1 Å². The van der Waals surface area contributed by atoms with Gasteiger partial charge in [-0.25, -0.2) is 15.0 Å². The Kier molecular flexibility index (Phi) is 5.41. The van der Waals surface area contributed by atoms with Crippen LogP contribution in [0.2, 0.25) is 0 Å². The largest absolute Gasteiger partial charge is 0.359 e. The zero-order valence-electron chi connectivity index (χ0n) is 19.2. The molecule has 0 aliphatic rings. The van der Waals surface area contributed by atoms with Gasteiger partial charge in [0.25, 0.3) is 0 Å². The Labute approximate surface area is 196 Å². The van der Waals surface area contributed by atoms with E-state index < -0.39 is 0 Å². The Morgan fingerprint density at radius 1 is 1.00 bits per heavy atom. The fourth-order valence-corrected chi connectivity index (χ4v) is 3.68. The maximum Gasteiger partial charge on any atom is 0.230 e. The molecule has 1 N–H and O–H groups in total. The van der Waals surface area contributed by atoms with E-state index >= 15 is 0 Å². The van der Waals surface area contributed by atoms with Gasteiger partial charge in [-0.15, -0.1) is 0 Å². The van der Waals surface area contributed by atoms with Gasteiger partial charge in [-0.05, 0) is 35.4 Å². The molecule has 0 fully saturated rings. The van der Waals surface area contributed by atoms with E-state index in [4.69, 9.17) is 4.52 Å². The summed E-state index contributed by atoms with van der Waals surface area (Å²) in [4.78, 5) is 25.2. The molecule has 3 heterocycles. The van der Waals surface area contributed by atoms with Crippen molar-refractivity contribution in [2.75, 3.05) is 5.32 Å². The van der Waals surface area contributed by atoms with Gasteiger partial charge in [0.2, 0.25) is 5.91 Å². The Balaban J connectivity index is 1.29. The number of fused-ring (bicyclic) bond motifs is 1. The zero-order valence-corrected chi connectivity index (χ0v) is 19.2. The number of rotatable bonds is 5. The molecule has 2 aromatic carbocycles. The molecule has 8 nitrogen and oxygen atoms in total. The molecule has 0 aliphatic heterocycles. The predicted molar refractivity (Wildman–Crippen MR) is 130 cm³/mol. The van der Waals surface area contributed by atoms with Gasteiger partial charge in [-0.3, -0.25) is 9.36 Å². The van der Waals surface area contributed by atoms with Gasteiger partial charge in [0.15, 0.2) is 5.82 Å². The molecule has 0 radical (unpaired) electrons. The average molecular weight is 453 g/mol. The van der Waals surface area contributed by atoms with E-state index in [-0.39, 0.29) is 17.7 Å². The summed E-state index contributed by atoms with van der Waals surface area (Å²) in [5, 5.41) is 6.74. The van der Waals surface area contributed by atoms with Gasteiger partial charge in [0, 0.05) is 35.1 Å². The lowest BCUT2D eigenvalue weighted by Gasteiger charge is -2.12. The zero-order chi connectivity index (χ0) is 23.7. The first-order valence-electron chi connectivity index (χ1n) is 11.0. The molecule has 1 amide bonds. The standard InChI is InChI=1S/C26H24N6O2/c1-26(2,3)23-12-24(31-34-23)30-25(33)10-17-4-7-20(8-5-17)32-16-29-21-11-18(6-9-22(21)32)19-13-27-15-28-14-19/h4-9,11-16H,10H2,1-3H3,(H,30,31,33). The Hall–Kier alpha value is -4.33. The SMILES string of the molecule is CC(C)(C)c1cc(NC(=O)Cc2ccc(-n3cnc4cc(-c5cncnc5)ccc43)cc2)no1. The third-order valence-corrected chi connectivity index (χ3v) is 5.54. The number of imidazole rings is 1. The van der Waals surface area contributed by atoms with Crippen molar-refractivity contribution in [3.8, 4) is 16.8 Å². The van der Waals surface area contributed by atoms with Crippen LogP contribution in [-0.2, 0) is 16.6 Å². The van der Waals surface area contributed by atoms with E-state index in [0.717, 1.165) is 39.2 Å². The van der Waals surface area contributed by atoms with E-state index in [1.807, 2.05) is 67.8 Å². The van der Waals surface area contributed by atoms with Crippen LogP contribution in [0.4, 0.5) is 5.82 Å². The maximum atomic E-state index is 12.5. The van der Waals surface area contributed by atoms with Crippen LogP contribution in [0.25, 0.3) is 27.8 Å². The monoisotopic (exact) mass is 452 g/mol. The highest BCUT2D eigenvalue weighted by atomic mass is 16.5. The van der Waals surface area contributed by atoms with Crippen molar-refractivity contribution in [3.05, 3.63) is 84.9 Å². The summed E-state index contributed by atoms with van der Waals surface area (Å²) < 4.78 is 7.35. The van der Waals surface area contributed by atoms with Crippen LogP contribution in [0.1, 0.15) is 32.1 Å². The molecule has 0 saturated heterocycles. The molecular formula is C26H24N6O2. The summed E-state index contributed by atoms with van der Waals surface area (Å²) in [5.74, 6) is 1.01. The van der Waals surface area contributed by atoms with Crippen LogP contribution in [-0.4, -0.2) is 30.6 Å². The van der Waals surface area contributed by atoms with Crippen molar-refractivity contribution >= 4 is 22.8 Å². The van der Waals surface area contributed by atoms with Crippen molar-refractivity contribution in [3.63, 3.8) is 0 Å². The predicted octanol–water partition coefficient (Wildman–Crippen LogP) is 4.95. The molecule has 0 atom stereocenters. The number of carbonyl (C=O) groups excluding carboxylic acids is 1. The van der Waals surface area contributed by atoms with E-state index in [9.17, 15) is 4.79 Å². The summed E-state index contributed by atoms with van der Waals surface area (Å²) in [6.07, 6.45) is 7.12. The molecule has 0 bridgehead atoms. The lowest BCUT2D eigenvalue weighted by atomic mass is 9.93. The minimum atomic E-state index is -0.166. The number of anilines is 1. The van der Waals surface area contributed by atoms with Crippen LogP contribution in [0, 0.1) is 0 Å². The van der Waals surface area contributed by atoms with Crippen molar-refractivity contribution in [1.29, 1.82) is 0 Å². The number of aromatic nitrogens is 5. The van der Waals surface area contributed by atoms with Crippen LogP contribution >= 0.6 is 0 Å². The lowest BCUT2D eigenvalue weighted by molar-refractivity contribution is -0.115. The van der Waals surface area contributed by atoms with Crippen LogP contribution in [0.3, 0.4) is 0 Å². The van der Waals surface area contributed by atoms with Gasteiger partial charge in [0.05, 0.1) is 17.5 Å². The maximum absolute atomic E-state index is 12.5. The van der Waals surface area contributed by atoms with E-state index in [1.54, 1.807) is 24.8 Å². The number of benzene rings is 2. The third-order valence-electron chi connectivity index (χ3n) is 5.54. The molecular weight excluding hydrogens is 428 g/mol. The number of nitrogens with one attached hydrogen (secondary N) is 1. The molecule has 34 heavy (non-hydrogen) atoms. The first-order chi connectivity index (χ1) is 16.4. The van der Waals surface area contributed by atoms with Crippen LogP contribution < -0.4 is 5.32 Å². The number of amides is 1. The average Bonchev–Trinajstić information content (AvgIpc) is 3.47. The van der Waals surface area contributed by atoms with E-state index in [2.05, 4.69) is 25.4 Å². The fraction of sp³-hybridized carbons (Fsp3) is 0.192. The number of carbonyl (C=O) groups is 1. The highest BCUT2D eigenvalue weighted by Gasteiger charge is 2.20. The van der Waals surface area contributed by atoms with Crippen LogP contribution in [0.5, 0.6) is 0 Å². The van der Waals surface area contributed by atoms with E-state index in [1.165, 1.54) is 6.33 Å². The second-order valence-electron chi connectivity index (χ2n) is 9.16. The normalized spacial score (nSPS) is 11.6. The highest BCUT2D eigenvalue weighted by Crippen LogP contribution is 2.26. The summed E-state index contributed by atoms with van der Waals surface area (Å²) in [7, 11) is 0. The van der Waals surface area contributed by atoms with Gasteiger partial charge in [-0.1, -0.05) is 44.1 Å².